The Morgan fingerprint density at radius 2 is 1.44 bits per heavy atom. The number of amides is 2. The molecule has 27 heavy (non-hydrogen) atoms. The van der Waals surface area contributed by atoms with Gasteiger partial charge in [0.2, 0.25) is 0 Å². The van der Waals surface area contributed by atoms with Gasteiger partial charge in [0.1, 0.15) is 11.5 Å². The summed E-state index contributed by atoms with van der Waals surface area (Å²) in [7, 11) is 0. The van der Waals surface area contributed by atoms with Gasteiger partial charge in [-0.2, -0.15) is 0 Å². The van der Waals surface area contributed by atoms with Crippen molar-refractivity contribution in [3.63, 3.8) is 0 Å². The third kappa shape index (κ3) is 5.18. The number of carbonyl (C=O) groups is 2. The van der Waals surface area contributed by atoms with Gasteiger partial charge in [0, 0.05) is 10.2 Å². The van der Waals surface area contributed by atoms with E-state index in [1.807, 2.05) is 49.4 Å². The van der Waals surface area contributed by atoms with Crippen molar-refractivity contribution >= 4 is 39.1 Å². The molecule has 0 aliphatic carbocycles. The van der Waals surface area contributed by atoms with E-state index >= 15 is 0 Å². The van der Waals surface area contributed by atoms with Crippen LogP contribution in [0.3, 0.4) is 0 Å². The lowest BCUT2D eigenvalue weighted by Gasteiger charge is -2.09. The summed E-state index contributed by atoms with van der Waals surface area (Å²) in [5, 5.41) is 5.14. The first-order valence-corrected chi connectivity index (χ1v) is 9.02. The standard InChI is InChI=1S/C21H17BrN2O3/c1-14-7-12-19(18(22)13-14)24-21(26)20(25)23-15-8-10-17(11-9-15)27-16-5-3-2-4-6-16/h2-13H,1H3,(H,23,25)(H,24,26). The molecule has 3 rings (SSSR count). The number of carbonyl (C=O) groups excluding carboxylic acids is 2. The third-order valence-electron chi connectivity index (χ3n) is 3.67. The Kier molecular flexibility index (Phi) is 5.88. The highest BCUT2D eigenvalue weighted by Gasteiger charge is 2.15. The second-order valence-corrected chi connectivity index (χ2v) is 6.69. The maximum atomic E-state index is 12.1. The van der Waals surface area contributed by atoms with Crippen molar-refractivity contribution in [3.8, 4) is 11.5 Å². The fourth-order valence-corrected chi connectivity index (χ4v) is 2.91. The Bertz CT molecular complexity index is 957. The Labute approximate surface area is 165 Å². The Morgan fingerprint density at radius 3 is 2.11 bits per heavy atom. The average Bonchev–Trinajstić information content (AvgIpc) is 2.66. The van der Waals surface area contributed by atoms with E-state index in [0.29, 0.717) is 21.6 Å². The van der Waals surface area contributed by atoms with E-state index in [4.69, 9.17) is 4.74 Å². The number of anilines is 2. The first-order chi connectivity index (χ1) is 13.0. The summed E-state index contributed by atoms with van der Waals surface area (Å²) in [6, 6.07) is 21.6. The smallest absolute Gasteiger partial charge is 0.314 e. The maximum Gasteiger partial charge on any atom is 0.314 e. The van der Waals surface area contributed by atoms with E-state index in [2.05, 4.69) is 26.6 Å². The summed E-state index contributed by atoms with van der Waals surface area (Å²) in [6.07, 6.45) is 0. The molecule has 6 heteroatoms. The fourth-order valence-electron chi connectivity index (χ4n) is 2.32. The highest BCUT2D eigenvalue weighted by molar-refractivity contribution is 9.10. The third-order valence-corrected chi connectivity index (χ3v) is 4.33. The molecule has 3 aromatic rings. The monoisotopic (exact) mass is 424 g/mol. The highest BCUT2D eigenvalue weighted by atomic mass is 79.9. The molecule has 0 saturated heterocycles. The van der Waals surface area contributed by atoms with Crippen LogP contribution in [0.1, 0.15) is 5.56 Å². The number of hydrogen-bond acceptors (Lipinski definition) is 3. The minimum Gasteiger partial charge on any atom is -0.457 e. The van der Waals surface area contributed by atoms with Gasteiger partial charge in [-0.15, -0.1) is 0 Å². The summed E-state index contributed by atoms with van der Waals surface area (Å²) in [4.78, 5) is 24.2. The summed E-state index contributed by atoms with van der Waals surface area (Å²) in [5.41, 5.74) is 2.08. The number of ether oxygens (including phenoxy) is 1. The van der Waals surface area contributed by atoms with Gasteiger partial charge in [0.25, 0.3) is 0 Å². The molecular weight excluding hydrogens is 408 g/mol. The van der Waals surface area contributed by atoms with Crippen LogP contribution in [0, 0.1) is 6.92 Å². The highest BCUT2D eigenvalue weighted by Crippen LogP contribution is 2.24. The van der Waals surface area contributed by atoms with Crippen LogP contribution in [0.4, 0.5) is 11.4 Å². The molecule has 136 valence electrons. The SMILES string of the molecule is Cc1ccc(NC(=O)C(=O)Nc2ccc(Oc3ccccc3)cc2)c(Br)c1. The summed E-state index contributed by atoms with van der Waals surface area (Å²) < 4.78 is 6.40. The Morgan fingerprint density at radius 1 is 0.815 bits per heavy atom. The molecule has 5 nitrogen and oxygen atoms in total. The molecule has 0 bridgehead atoms. The average molecular weight is 425 g/mol. The van der Waals surface area contributed by atoms with Gasteiger partial charge >= 0.3 is 11.8 Å². The van der Waals surface area contributed by atoms with Crippen LogP contribution in [0.15, 0.2) is 77.3 Å². The molecule has 0 aliphatic heterocycles. The van der Waals surface area contributed by atoms with Crippen molar-refractivity contribution in [1.29, 1.82) is 0 Å². The van der Waals surface area contributed by atoms with Gasteiger partial charge in [0.05, 0.1) is 5.69 Å². The fraction of sp³-hybridized carbons (Fsp3) is 0.0476. The molecule has 0 atom stereocenters. The van der Waals surface area contributed by atoms with Crippen molar-refractivity contribution in [2.45, 2.75) is 6.92 Å². The number of hydrogen-bond donors (Lipinski definition) is 2. The lowest BCUT2D eigenvalue weighted by Crippen LogP contribution is -2.29. The maximum absolute atomic E-state index is 12.1. The van der Waals surface area contributed by atoms with Crippen LogP contribution < -0.4 is 15.4 Å². The van der Waals surface area contributed by atoms with Gasteiger partial charge in [0.15, 0.2) is 0 Å². The number of benzene rings is 3. The summed E-state index contributed by atoms with van der Waals surface area (Å²) in [6.45, 7) is 1.94. The number of rotatable bonds is 4. The first-order valence-electron chi connectivity index (χ1n) is 8.23. The zero-order chi connectivity index (χ0) is 19.2. The molecule has 0 unspecified atom stereocenters. The van der Waals surface area contributed by atoms with E-state index in [1.165, 1.54) is 0 Å². The minimum atomic E-state index is -0.751. The van der Waals surface area contributed by atoms with Gasteiger partial charge in [-0.1, -0.05) is 24.3 Å². The van der Waals surface area contributed by atoms with Crippen molar-refractivity contribution in [1.82, 2.24) is 0 Å². The van der Waals surface area contributed by atoms with E-state index in [0.717, 1.165) is 11.3 Å². The van der Waals surface area contributed by atoms with Crippen LogP contribution in [0.25, 0.3) is 0 Å². The second-order valence-electron chi connectivity index (χ2n) is 5.83. The molecule has 0 heterocycles. The molecule has 0 radical (unpaired) electrons. The normalized spacial score (nSPS) is 10.1. The summed E-state index contributed by atoms with van der Waals surface area (Å²) >= 11 is 3.37. The molecule has 0 aliphatic rings. The van der Waals surface area contributed by atoms with Crippen LogP contribution in [-0.4, -0.2) is 11.8 Å². The quantitative estimate of drug-likeness (QED) is 0.570. The second kappa shape index (κ2) is 8.51. The van der Waals surface area contributed by atoms with Crippen molar-refractivity contribution < 1.29 is 14.3 Å². The van der Waals surface area contributed by atoms with Crippen LogP contribution >= 0.6 is 15.9 Å². The molecule has 0 fully saturated rings. The van der Waals surface area contributed by atoms with Gasteiger partial charge in [-0.25, -0.2) is 0 Å². The lowest BCUT2D eigenvalue weighted by molar-refractivity contribution is -0.133. The molecule has 0 aromatic heterocycles. The zero-order valence-corrected chi connectivity index (χ0v) is 16.1. The first kappa shape index (κ1) is 18.7. The van der Waals surface area contributed by atoms with E-state index < -0.39 is 11.8 Å². The minimum absolute atomic E-state index is 0.499. The largest absolute Gasteiger partial charge is 0.457 e. The van der Waals surface area contributed by atoms with Crippen LogP contribution in [0.5, 0.6) is 11.5 Å². The predicted molar refractivity (Wildman–Crippen MR) is 109 cm³/mol. The van der Waals surface area contributed by atoms with Crippen LogP contribution in [-0.2, 0) is 9.59 Å². The van der Waals surface area contributed by atoms with Crippen molar-refractivity contribution in [2.24, 2.45) is 0 Å². The van der Waals surface area contributed by atoms with E-state index in [1.54, 1.807) is 30.3 Å². The zero-order valence-electron chi connectivity index (χ0n) is 14.5. The molecule has 3 aromatic carbocycles. The molecule has 2 amide bonds. The topological polar surface area (TPSA) is 67.4 Å². The molecule has 0 spiro atoms. The van der Waals surface area contributed by atoms with E-state index in [9.17, 15) is 9.59 Å². The van der Waals surface area contributed by atoms with Gasteiger partial charge in [-0.05, 0) is 76.9 Å². The van der Waals surface area contributed by atoms with Crippen LogP contribution in [0.2, 0.25) is 0 Å². The number of halogens is 1. The Balaban J connectivity index is 1.59. The van der Waals surface area contributed by atoms with E-state index in [-0.39, 0.29) is 0 Å². The number of para-hydroxylation sites is 1. The van der Waals surface area contributed by atoms with Crippen molar-refractivity contribution in [2.75, 3.05) is 10.6 Å². The number of aryl methyl sites for hydroxylation is 1. The number of nitrogens with one attached hydrogen (secondary N) is 2. The Hall–Kier alpha value is -3.12. The van der Waals surface area contributed by atoms with Gasteiger partial charge < -0.3 is 15.4 Å². The molecule has 2 N–H and O–H groups in total. The van der Waals surface area contributed by atoms with Gasteiger partial charge in [-0.3, -0.25) is 9.59 Å². The lowest BCUT2D eigenvalue weighted by atomic mass is 10.2. The molecule has 0 saturated carbocycles. The predicted octanol–water partition coefficient (Wildman–Crippen LogP) is 5.13. The van der Waals surface area contributed by atoms with Crippen molar-refractivity contribution in [3.05, 3.63) is 82.8 Å². The molecular formula is C21H17BrN2O3. The summed E-state index contributed by atoms with van der Waals surface area (Å²) in [5.74, 6) is -0.145.